The topological polar surface area (TPSA) is 56.1 Å². The van der Waals surface area contributed by atoms with Crippen LogP contribution in [-0.4, -0.2) is 28.6 Å². The molecule has 0 spiro atoms. The number of hydrogen-bond donors (Lipinski definition) is 1. The number of nitrogens with zero attached hydrogens (tertiary/aromatic N) is 2. The summed E-state index contributed by atoms with van der Waals surface area (Å²) in [5, 5.41) is 3.06. The van der Waals surface area contributed by atoms with Crippen LogP contribution in [-0.2, 0) is 24.2 Å². The molecular weight excluding hydrogens is 422 g/mol. The lowest BCUT2D eigenvalue weighted by Gasteiger charge is -2.11. The van der Waals surface area contributed by atoms with Crippen molar-refractivity contribution in [1.29, 1.82) is 0 Å². The summed E-state index contributed by atoms with van der Waals surface area (Å²) < 4.78 is 8.23. The molecule has 4 rings (SSSR count). The summed E-state index contributed by atoms with van der Waals surface area (Å²) in [4.78, 5) is 17.1. The molecule has 1 aromatic heterocycles. The molecule has 1 amide bonds. The third-order valence-electron chi connectivity index (χ3n) is 5.90. The molecule has 0 aliphatic rings. The van der Waals surface area contributed by atoms with E-state index >= 15 is 0 Å². The summed E-state index contributed by atoms with van der Waals surface area (Å²) in [6, 6.07) is 26.5. The van der Waals surface area contributed by atoms with Gasteiger partial charge in [0.2, 0.25) is 5.91 Å². The number of imidazole rings is 1. The molecule has 4 aromatic rings. The summed E-state index contributed by atoms with van der Waals surface area (Å²) in [7, 11) is 0. The van der Waals surface area contributed by atoms with E-state index in [2.05, 4.69) is 59.3 Å². The second-order valence-electron chi connectivity index (χ2n) is 8.63. The monoisotopic (exact) mass is 455 g/mol. The summed E-state index contributed by atoms with van der Waals surface area (Å²) in [5.41, 5.74) is 4.56. The summed E-state index contributed by atoms with van der Waals surface area (Å²) in [5.74, 6) is 2.08. The smallest absolute Gasteiger partial charge is 0.220 e. The van der Waals surface area contributed by atoms with Crippen LogP contribution in [0.5, 0.6) is 5.75 Å². The predicted octanol–water partition coefficient (Wildman–Crippen LogP) is 5.50. The number of amides is 1. The molecule has 1 heterocycles. The zero-order valence-corrected chi connectivity index (χ0v) is 19.9. The van der Waals surface area contributed by atoms with E-state index in [4.69, 9.17) is 9.72 Å². The van der Waals surface area contributed by atoms with Gasteiger partial charge in [-0.15, -0.1) is 0 Å². The molecule has 0 saturated heterocycles. The number of hydrogen-bond acceptors (Lipinski definition) is 3. The second-order valence-corrected chi connectivity index (χ2v) is 8.63. The van der Waals surface area contributed by atoms with Gasteiger partial charge in [0.25, 0.3) is 0 Å². The van der Waals surface area contributed by atoms with Crippen LogP contribution in [0.4, 0.5) is 0 Å². The number of aryl methyl sites for hydroxylation is 4. The molecule has 1 N–H and O–H groups in total. The minimum absolute atomic E-state index is 0.102. The van der Waals surface area contributed by atoms with Crippen molar-refractivity contribution in [1.82, 2.24) is 14.9 Å². The van der Waals surface area contributed by atoms with E-state index in [1.54, 1.807) is 0 Å². The largest absolute Gasteiger partial charge is 0.494 e. The third-order valence-corrected chi connectivity index (χ3v) is 5.90. The van der Waals surface area contributed by atoms with Crippen molar-refractivity contribution in [2.24, 2.45) is 0 Å². The normalized spacial score (nSPS) is 11.0. The lowest BCUT2D eigenvalue weighted by atomic mass is 10.1. The Balaban J connectivity index is 1.26. The van der Waals surface area contributed by atoms with Crippen LogP contribution in [0.1, 0.15) is 36.2 Å². The van der Waals surface area contributed by atoms with Crippen molar-refractivity contribution in [2.75, 3.05) is 13.2 Å². The molecule has 0 unspecified atom stereocenters. The van der Waals surface area contributed by atoms with E-state index in [0.29, 0.717) is 19.6 Å². The number of nitrogens with one attached hydrogen (secondary N) is 1. The molecule has 0 saturated carbocycles. The number of ether oxygens (including phenoxy) is 1. The first-order valence-corrected chi connectivity index (χ1v) is 12.1. The fourth-order valence-corrected chi connectivity index (χ4v) is 4.15. The number of fused-ring (bicyclic) bond motifs is 1. The third kappa shape index (κ3) is 6.70. The van der Waals surface area contributed by atoms with Gasteiger partial charge in [-0.1, -0.05) is 54.6 Å². The Labute approximate surface area is 201 Å². The summed E-state index contributed by atoms with van der Waals surface area (Å²) in [6.45, 7) is 4.24. The summed E-state index contributed by atoms with van der Waals surface area (Å²) >= 11 is 0. The average Bonchev–Trinajstić information content (AvgIpc) is 3.21. The Morgan fingerprint density at radius 3 is 2.62 bits per heavy atom. The maximum absolute atomic E-state index is 12.2. The lowest BCUT2D eigenvalue weighted by molar-refractivity contribution is -0.121. The second kappa shape index (κ2) is 12.0. The van der Waals surface area contributed by atoms with Crippen molar-refractivity contribution in [3.8, 4) is 5.75 Å². The molecule has 0 atom stereocenters. The van der Waals surface area contributed by atoms with Gasteiger partial charge in [0, 0.05) is 25.9 Å². The first-order chi connectivity index (χ1) is 16.7. The molecule has 0 bridgehead atoms. The highest BCUT2D eigenvalue weighted by Crippen LogP contribution is 2.18. The van der Waals surface area contributed by atoms with Crippen molar-refractivity contribution in [3.05, 3.63) is 95.8 Å². The fraction of sp³-hybridized carbons (Fsp3) is 0.310. The van der Waals surface area contributed by atoms with Crippen LogP contribution < -0.4 is 10.1 Å². The zero-order valence-electron chi connectivity index (χ0n) is 19.9. The molecule has 0 aliphatic carbocycles. The van der Waals surface area contributed by atoms with Gasteiger partial charge in [-0.2, -0.15) is 0 Å². The number of carbonyl (C=O) groups excluding carboxylic acids is 1. The number of aromatic nitrogens is 2. The maximum atomic E-state index is 12.2. The fourth-order valence-electron chi connectivity index (χ4n) is 4.15. The number of carbonyl (C=O) groups is 1. The van der Waals surface area contributed by atoms with Crippen LogP contribution in [0.25, 0.3) is 11.0 Å². The van der Waals surface area contributed by atoms with Gasteiger partial charge >= 0.3 is 0 Å². The Morgan fingerprint density at radius 2 is 1.76 bits per heavy atom. The van der Waals surface area contributed by atoms with Crippen LogP contribution in [0.2, 0.25) is 0 Å². The molecule has 176 valence electrons. The van der Waals surface area contributed by atoms with Crippen molar-refractivity contribution >= 4 is 16.9 Å². The Morgan fingerprint density at radius 1 is 0.941 bits per heavy atom. The van der Waals surface area contributed by atoms with Crippen molar-refractivity contribution in [3.63, 3.8) is 0 Å². The van der Waals surface area contributed by atoms with Gasteiger partial charge in [-0.05, 0) is 61.6 Å². The van der Waals surface area contributed by atoms with E-state index < -0.39 is 0 Å². The van der Waals surface area contributed by atoms with Gasteiger partial charge in [-0.3, -0.25) is 4.79 Å². The van der Waals surface area contributed by atoms with Gasteiger partial charge in [-0.25, -0.2) is 4.98 Å². The number of rotatable bonds is 12. The molecule has 0 fully saturated rings. The van der Waals surface area contributed by atoms with Crippen molar-refractivity contribution in [2.45, 2.75) is 45.6 Å². The number of para-hydroxylation sites is 2. The molecule has 34 heavy (non-hydrogen) atoms. The Bertz CT molecular complexity index is 1200. The average molecular weight is 456 g/mol. The first kappa shape index (κ1) is 23.6. The van der Waals surface area contributed by atoms with E-state index in [1.165, 1.54) is 11.1 Å². The minimum atomic E-state index is 0.102. The van der Waals surface area contributed by atoms with Crippen LogP contribution >= 0.6 is 0 Å². The first-order valence-electron chi connectivity index (χ1n) is 12.1. The van der Waals surface area contributed by atoms with Gasteiger partial charge in [0.1, 0.15) is 11.6 Å². The minimum Gasteiger partial charge on any atom is -0.494 e. The van der Waals surface area contributed by atoms with Crippen LogP contribution in [0.3, 0.4) is 0 Å². The Kier molecular flexibility index (Phi) is 8.33. The van der Waals surface area contributed by atoms with Crippen LogP contribution in [0, 0.1) is 6.92 Å². The zero-order chi connectivity index (χ0) is 23.6. The SMILES string of the molecule is Cc1cccc(OCCCn2c(CCCNC(=O)CCc3ccccc3)nc3ccccc32)c1. The van der Waals surface area contributed by atoms with Gasteiger partial charge < -0.3 is 14.6 Å². The van der Waals surface area contributed by atoms with E-state index in [0.717, 1.165) is 54.8 Å². The summed E-state index contributed by atoms with van der Waals surface area (Å²) in [6.07, 6.45) is 3.88. The molecule has 5 nitrogen and oxygen atoms in total. The quantitative estimate of drug-likeness (QED) is 0.287. The molecular formula is C29H33N3O2. The molecule has 0 aliphatic heterocycles. The van der Waals surface area contributed by atoms with E-state index in [1.807, 2.05) is 36.4 Å². The molecule has 0 radical (unpaired) electrons. The number of benzene rings is 3. The highest BCUT2D eigenvalue weighted by Gasteiger charge is 2.10. The predicted molar refractivity (Wildman–Crippen MR) is 137 cm³/mol. The standard InChI is InChI=1S/C29H33N3O2/c1-23-10-7-13-25(22-23)34-21-9-20-32-27-15-6-5-14-26(27)31-28(32)16-8-19-30-29(33)18-17-24-11-3-2-4-12-24/h2-7,10-15,22H,8-9,16-21H2,1H3,(H,30,33). The highest BCUT2D eigenvalue weighted by atomic mass is 16.5. The van der Waals surface area contributed by atoms with E-state index in [-0.39, 0.29) is 5.91 Å². The molecule has 5 heteroatoms. The van der Waals surface area contributed by atoms with Crippen LogP contribution in [0.15, 0.2) is 78.9 Å². The Hall–Kier alpha value is -3.60. The molecule has 3 aromatic carbocycles. The van der Waals surface area contributed by atoms with Gasteiger partial charge in [0.05, 0.1) is 17.6 Å². The van der Waals surface area contributed by atoms with Gasteiger partial charge in [0.15, 0.2) is 0 Å². The maximum Gasteiger partial charge on any atom is 0.220 e. The van der Waals surface area contributed by atoms with E-state index in [9.17, 15) is 4.79 Å². The lowest BCUT2D eigenvalue weighted by Crippen LogP contribution is -2.25. The highest BCUT2D eigenvalue weighted by molar-refractivity contribution is 5.76. The van der Waals surface area contributed by atoms with Crippen molar-refractivity contribution < 1.29 is 9.53 Å².